The fourth-order valence-corrected chi connectivity index (χ4v) is 4.94. The molecule has 4 aromatic carbocycles. The Bertz CT molecular complexity index is 1520. The highest BCUT2D eigenvalue weighted by atomic mass is 32.2. The van der Waals surface area contributed by atoms with Gasteiger partial charge >= 0.3 is 0 Å². The molecule has 0 unspecified atom stereocenters. The molecule has 1 aromatic heterocycles. The molecule has 5 rings (SSSR count). The Morgan fingerprint density at radius 1 is 0.818 bits per heavy atom. The average molecular weight is 454 g/mol. The van der Waals surface area contributed by atoms with Gasteiger partial charge in [0.05, 0.1) is 15.9 Å². The average Bonchev–Trinajstić information content (AvgIpc) is 3.19. The highest BCUT2D eigenvalue weighted by Crippen LogP contribution is 2.28. The zero-order valence-corrected chi connectivity index (χ0v) is 19.0. The van der Waals surface area contributed by atoms with E-state index in [-0.39, 0.29) is 4.90 Å². The van der Waals surface area contributed by atoms with E-state index < -0.39 is 10.0 Å². The lowest BCUT2D eigenvalue weighted by atomic mass is 10.1. The Labute approximate surface area is 193 Å². The summed E-state index contributed by atoms with van der Waals surface area (Å²) < 4.78 is 30.4. The van der Waals surface area contributed by atoms with Crippen molar-refractivity contribution in [3.05, 3.63) is 114 Å². The topological polar surface area (TPSA) is 64.0 Å². The number of fused-ring (bicyclic) bond motifs is 1. The predicted octanol–water partition coefficient (Wildman–Crippen LogP) is 5.86. The minimum Gasteiger partial charge on any atom is -0.319 e. The Kier molecular flexibility index (Phi) is 5.44. The number of hydrogen-bond donors (Lipinski definition) is 1. The zero-order chi connectivity index (χ0) is 22.8. The Morgan fingerprint density at radius 3 is 2.33 bits per heavy atom. The van der Waals surface area contributed by atoms with E-state index in [1.54, 1.807) is 36.4 Å². The molecule has 0 aliphatic rings. The molecule has 5 aromatic rings. The van der Waals surface area contributed by atoms with Crippen molar-refractivity contribution in [3.8, 4) is 11.4 Å². The van der Waals surface area contributed by atoms with Crippen LogP contribution >= 0.6 is 0 Å². The number of benzene rings is 4. The normalized spacial score (nSPS) is 11.5. The molecule has 5 nitrogen and oxygen atoms in total. The summed E-state index contributed by atoms with van der Waals surface area (Å²) in [6, 6.07) is 32.2. The van der Waals surface area contributed by atoms with E-state index in [2.05, 4.69) is 46.5 Å². The van der Waals surface area contributed by atoms with Crippen LogP contribution in [0.15, 0.2) is 108 Å². The minimum atomic E-state index is -3.68. The minimum absolute atomic E-state index is 0.224. The number of imidazole rings is 1. The summed E-state index contributed by atoms with van der Waals surface area (Å²) in [5, 5.41) is 0. The molecule has 0 amide bonds. The highest BCUT2D eigenvalue weighted by Gasteiger charge is 2.16. The summed E-state index contributed by atoms with van der Waals surface area (Å²) in [6.45, 7) is 2.74. The van der Waals surface area contributed by atoms with Gasteiger partial charge in [-0.3, -0.25) is 4.72 Å². The molecule has 1 heterocycles. The smallest absolute Gasteiger partial charge is 0.261 e. The third-order valence-electron chi connectivity index (χ3n) is 5.54. The number of nitrogens with one attached hydrogen (secondary N) is 1. The fourth-order valence-electron chi connectivity index (χ4n) is 3.87. The van der Waals surface area contributed by atoms with Gasteiger partial charge in [-0.05, 0) is 48.9 Å². The monoisotopic (exact) mass is 453 g/mol. The molecule has 164 valence electrons. The number of aromatic nitrogens is 2. The number of sulfonamides is 1. The molecule has 0 aliphatic carbocycles. The summed E-state index contributed by atoms with van der Waals surface area (Å²) in [7, 11) is -3.68. The van der Waals surface area contributed by atoms with Gasteiger partial charge in [-0.1, -0.05) is 72.3 Å². The van der Waals surface area contributed by atoms with Crippen LogP contribution in [0.4, 0.5) is 5.69 Å². The van der Waals surface area contributed by atoms with E-state index in [9.17, 15) is 8.42 Å². The summed E-state index contributed by atoms with van der Waals surface area (Å²) in [5.74, 6) is 0.789. The van der Waals surface area contributed by atoms with E-state index in [0.29, 0.717) is 12.2 Å². The number of para-hydroxylation sites is 2. The van der Waals surface area contributed by atoms with Gasteiger partial charge in [-0.25, -0.2) is 13.4 Å². The molecule has 0 aliphatic heterocycles. The van der Waals surface area contributed by atoms with Crippen LogP contribution in [-0.4, -0.2) is 18.0 Å². The lowest BCUT2D eigenvalue weighted by molar-refractivity contribution is 0.601. The summed E-state index contributed by atoms with van der Waals surface area (Å²) in [4.78, 5) is 5.10. The molecular weight excluding hydrogens is 430 g/mol. The second kappa shape index (κ2) is 8.56. The lowest BCUT2D eigenvalue weighted by Gasteiger charge is -2.12. The first-order chi connectivity index (χ1) is 16.0. The molecule has 0 saturated carbocycles. The number of nitrogens with zero attached hydrogens (tertiary/aromatic N) is 2. The number of rotatable bonds is 6. The summed E-state index contributed by atoms with van der Waals surface area (Å²) in [6.07, 6.45) is 0. The number of aryl methyl sites for hydroxylation is 1. The molecule has 0 saturated heterocycles. The van der Waals surface area contributed by atoms with Crippen LogP contribution in [0.3, 0.4) is 0 Å². The van der Waals surface area contributed by atoms with Gasteiger partial charge in [-0.15, -0.1) is 0 Å². The fraction of sp³-hybridized carbons (Fsp3) is 0.0741. The van der Waals surface area contributed by atoms with Crippen molar-refractivity contribution in [1.29, 1.82) is 0 Å². The van der Waals surface area contributed by atoms with E-state index in [1.165, 1.54) is 11.1 Å². The van der Waals surface area contributed by atoms with Crippen LogP contribution < -0.4 is 4.72 Å². The van der Waals surface area contributed by atoms with Gasteiger partial charge in [0.15, 0.2) is 0 Å². The molecular formula is C27H23N3O2S. The quantitative estimate of drug-likeness (QED) is 0.350. The van der Waals surface area contributed by atoms with Crippen LogP contribution in [0, 0.1) is 6.92 Å². The molecule has 1 N–H and O–H groups in total. The van der Waals surface area contributed by atoms with Crippen molar-refractivity contribution >= 4 is 26.7 Å². The maximum absolute atomic E-state index is 12.8. The zero-order valence-electron chi connectivity index (χ0n) is 18.1. The second-order valence-corrected chi connectivity index (χ2v) is 9.68. The van der Waals surface area contributed by atoms with Crippen molar-refractivity contribution in [2.75, 3.05) is 4.72 Å². The van der Waals surface area contributed by atoms with E-state index >= 15 is 0 Å². The van der Waals surface area contributed by atoms with Crippen molar-refractivity contribution in [3.63, 3.8) is 0 Å². The van der Waals surface area contributed by atoms with Crippen LogP contribution in [0.1, 0.15) is 11.1 Å². The molecule has 33 heavy (non-hydrogen) atoms. The van der Waals surface area contributed by atoms with Crippen molar-refractivity contribution in [1.82, 2.24) is 9.55 Å². The van der Waals surface area contributed by atoms with Crippen LogP contribution in [0.5, 0.6) is 0 Å². The van der Waals surface area contributed by atoms with Crippen LogP contribution in [0.2, 0.25) is 0 Å². The number of hydrogen-bond acceptors (Lipinski definition) is 3. The third-order valence-corrected chi connectivity index (χ3v) is 6.94. The Morgan fingerprint density at radius 2 is 1.55 bits per heavy atom. The van der Waals surface area contributed by atoms with Crippen molar-refractivity contribution in [2.24, 2.45) is 0 Å². The molecule has 0 bridgehead atoms. The highest BCUT2D eigenvalue weighted by molar-refractivity contribution is 7.92. The lowest BCUT2D eigenvalue weighted by Crippen LogP contribution is -2.12. The first-order valence-electron chi connectivity index (χ1n) is 10.7. The molecule has 0 fully saturated rings. The maximum atomic E-state index is 12.8. The van der Waals surface area contributed by atoms with Crippen molar-refractivity contribution in [2.45, 2.75) is 18.4 Å². The van der Waals surface area contributed by atoms with Gasteiger partial charge in [-0.2, -0.15) is 0 Å². The van der Waals surface area contributed by atoms with E-state index in [4.69, 9.17) is 4.98 Å². The van der Waals surface area contributed by atoms with Crippen molar-refractivity contribution < 1.29 is 8.42 Å². The first kappa shape index (κ1) is 21.0. The van der Waals surface area contributed by atoms with Gasteiger partial charge in [0.2, 0.25) is 0 Å². The Balaban J connectivity index is 1.55. The van der Waals surface area contributed by atoms with Crippen LogP contribution in [-0.2, 0) is 16.6 Å². The summed E-state index contributed by atoms with van der Waals surface area (Å²) in [5.41, 5.74) is 5.65. The second-order valence-electron chi connectivity index (χ2n) is 8.00. The van der Waals surface area contributed by atoms with Gasteiger partial charge < -0.3 is 4.57 Å². The standard InChI is InChI=1S/C27H23N3O2S/c1-20-14-16-21(17-15-20)19-30-26-13-6-5-12-25(26)28-27(30)22-8-7-9-23(18-22)29-33(31,32)24-10-3-2-4-11-24/h2-18,29H,19H2,1H3. The van der Waals surface area contributed by atoms with Gasteiger partial charge in [0, 0.05) is 17.8 Å². The molecule has 0 atom stereocenters. The molecule has 6 heteroatoms. The Hall–Kier alpha value is -3.90. The molecule has 0 radical (unpaired) electrons. The largest absolute Gasteiger partial charge is 0.319 e. The SMILES string of the molecule is Cc1ccc(Cn2c(-c3cccc(NS(=O)(=O)c4ccccc4)c3)nc3ccccc32)cc1. The van der Waals surface area contributed by atoms with E-state index in [1.807, 2.05) is 36.4 Å². The number of anilines is 1. The predicted molar refractivity (Wildman–Crippen MR) is 133 cm³/mol. The summed E-state index contributed by atoms with van der Waals surface area (Å²) >= 11 is 0. The van der Waals surface area contributed by atoms with Gasteiger partial charge in [0.1, 0.15) is 5.82 Å². The molecule has 0 spiro atoms. The van der Waals surface area contributed by atoms with Crippen LogP contribution in [0.25, 0.3) is 22.4 Å². The first-order valence-corrected chi connectivity index (χ1v) is 12.2. The maximum Gasteiger partial charge on any atom is 0.261 e. The van der Waals surface area contributed by atoms with E-state index in [0.717, 1.165) is 22.4 Å². The third kappa shape index (κ3) is 4.38. The van der Waals surface area contributed by atoms with Gasteiger partial charge in [0.25, 0.3) is 10.0 Å².